The van der Waals surface area contributed by atoms with Crippen LogP contribution in [-0.2, 0) is 14.4 Å². The van der Waals surface area contributed by atoms with E-state index in [1.165, 1.54) is 4.90 Å². The smallest absolute Gasteiger partial charge is 0.251 e. The van der Waals surface area contributed by atoms with E-state index >= 15 is 0 Å². The number of hydrogen-bond acceptors (Lipinski definition) is 4. The lowest BCUT2D eigenvalue weighted by Crippen LogP contribution is -2.49. The van der Waals surface area contributed by atoms with E-state index in [1.54, 1.807) is 24.3 Å². The zero-order valence-electron chi connectivity index (χ0n) is 16.8. The standard InChI is InChI=1S/C22H28ClN3O3/c1-15-5-9-25(10-6-15)21(28)16-7-11-24(12-8-16)19-14-20(27)26(22(19)29)18-4-2-3-17(23)13-18/h2-4,13,15-16,19H,5-12,14H2,1H3. The Morgan fingerprint density at radius 1 is 1.03 bits per heavy atom. The summed E-state index contributed by atoms with van der Waals surface area (Å²) in [7, 11) is 0. The van der Waals surface area contributed by atoms with Crippen molar-refractivity contribution in [1.82, 2.24) is 9.80 Å². The minimum absolute atomic E-state index is 0.0379. The van der Waals surface area contributed by atoms with Gasteiger partial charge in [-0.2, -0.15) is 0 Å². The Bertz CT molecular complexity index is 798. The Hall–Kier alpha value is -1.92. The molecule has 29 heavy (non-hydrogen) atoms. The predicted molar refractivity (Wildman–Crippen MR) is 112 cm³/mol. The lowest BCUT2D eigenvalue weighted by molar-refractivity contribution is -0.138. The number of carbonyl (C=O) groups excluding carboxylic acids is 3. The second kappa shape index (κ2) is 8.44. The summed E-state index contributed by atoms with van der Waals surface area (Å²) >= 11 is 6.03. The van der Waals surface area contributed by atoms with Gasteiger partial charge in [-0.05, 0) is 62.9 Å². The van der Waals surface area contributed by atoms with E-state index in [1.807, 2.05) is 4.90 Å². The van der Waals surface area contributed by atoms with Crippen molar-refractivity contribution in [2.24, 2.45) is 11.8 Å². The van der Waals surface area contributed by atoms with Gasteiger partial charge in [-0.3, -0.25) is 19.3 Å². The molecule has 6 nitrogen and oxygen atoms in total. The van der Waals surface area contributed by atoms with Gasteiger partial charge in [0.15, 0.2) is 0 Å². The molecule has 0 N–H and O–H groups in total. The monoisotopic (exact) mass is 417 g/mol. The molecule has 1 atom stereocenters. The number of carbonyl (C=O) groups is 3. The second-order valence-electron chi connectivity index (χ2n) is 8.59. The van der Waals surface area contributed by atoms with Gasteiger partial charge in [-0.15, -0.1) is 0 Å². The summed E-state index contributed by atoms with van der Waals surface area (Å²) in [5, 5.41) is 0.498. The summed E-state index contributed by atoms with van der Waals surface area (Å²) in [5.74, 6) is 0.631. The molecule has 0 radical (unpaired) electrons. The molecule has 3 aliphatic rings. The first kappa shape index (κ1) is 20.4. The molecule has 1 aromatic carbocycles. The molecule has 1 unspecified atom stereocenters. The van der Waals surface area contributed by atoms with Crippen LogP contribution in [0.15, 0.2) is 24.3 Å². The predicted octanol–water partition coefficient (Wildman–Crippen LogP) is 2.94. The van der Waals surface area contributed by atoms with Gasteiger partial charge in [0.05, 0.1) is 18.2 Å². The zero-order chi connectivity index (χ0) is 20.5. The highest BCUT2D eigenvalue weighted by atomic mass is 35.5. The number of amides is 3. The van der Waals surface area contributed by atoms with Crippen molar-refractivity contribution in [3.8, 4) is 0 Å². The third-order valence-electron chi connectivity index (χ3n) is 6.60. The highest BCUT2D eigenvalue weighted by Gasteiger charge is 2.44. The summed E-state index contributed by atoms with van der Waals surface area (Å²) < 4.78 is 0. The number of imide groups is 1. The molecule has 3 heterocycles. The Kier molecular flexibility index (Phi) is 5.93. The first-order valence-electron chi connectivity index (χ1n) is 10.6. The molecule has 3 fully saturated rings. The van der Waals surface area contributed by atoms with Gasteiger partial charge < -0.3 is 4.90 Å². The first-order chi connectivity index (χ1) is 13.9. The first-order valence-corrected chi connectivity index (χ1v) is 11.0. The van der Waals surface area contributed by atoms with Crippen molar-refractivity contribution in [3.63, 3.8) is 0 Å². The van der Waals surface area contributed by atoms with E-state index in [4.69, 9.17) is 11.6 Å². The highest BCUT2D eigenvalue weighted by Crippen LogP contribution is 2.30. The molecule has 0 aliphatic carbocycles. The molecule has 0 bridgehead atoms. The molecule has 3 amide bonds. The van der Waals surface area contributed by atoms with Crippen LogP contribution in [0.1, 0.15) is 39.0 Å². The van der Waals surface area contributed by atoms with Crippen molar-refractivity contribution in [3.05, 3.63) is 29.3 Å². The van der Waals surface area contributed by atoms with E-state index in [9.17, 15) is 14.4 Å². The maximum Gasteiger partial charge on any atom is 0.251 e. The van der Waals surface area contributed by atoms with Gasteiger partial charge in [0.25, 0.3) is 5.91 Å². The summed E-state index contributed by atoms with van der Waals surface area (Å²) in [6.45, 7) is 5.32. The van der Waals surface area contributed by atoms with Crippen LogP contribution in [0.3, 0.4) is 0 Å². The quantitative estimate of drug-likeness (QED) is 0.709. The average molecular weight is 418 g/mol. The van der Waals surface area contributed by atoms with Crippen LogP contribution in [0.2, 0.25) is 5.02 Å². The van der Waals surface area contributed by atoms with Crippen LogP contribution in [0, 0.1) is 11.8 Å². The molecule has 1 aromatic rings. The highest BCUT2D eigenvalue weighted by molar-refractivity contribution is 6.31. The maximum absolute atomic E-state index is 13.0. The Balaban J connectivity index is 1.36. The van der Waals surface area contributed by atoms with Crippen molar-refractivity contribution < 1.29 is 14.4 Å². The number of rotatable bonds is 3. The lowest BCUT2D eigenvalue weighted by Gasteiger charge is -2.38. The number of likely N-dealkylation sites (tertiary alicyclic amines) is 2. The molecule has 3 aliphatic heterocycles. The van der Waals surface area contributed by atoms with E-state index in [0.717, 1.165) is 38.8 Å². The normalized spacial score (nSPS) is 25.1. The Morgan fingerprint density at radius 2 is 1.72 bits per heavy atom. The summed E-state index contributed by atoms with van der Waals surface area (Å²) in [5.41, 5.74) is 0.527. The minimum atomic E-state index is -0.437. The van der Waals surface area contributed by atoms with Crippen LogP contribution in [0.5, 0.6) is 0 Å². The molecule has 7 heteroatoms. The fourth-order valence-electron chi connectivity index (χ4n) is 4.73. The van der Waals surface area contributed by atoms with Gasteiger partial charge >= 0.3 is 0 Å². The third-order valence-corrected chi connectivity index (χ3v) is 6.84. The maximum atomic E-state index is 13.0. The zero-order valence-corrected chi connectivity index (χ0v) is 17.6. The average Bonchev–Trinajstić information content (AvgIpc) is 3.02. The number of nitrogens with zero attached hydrogens (tertiary/aromatic N) is 3. The summed E-state index contributed by atoms with van der Waals surface area (Å²) in [6.07, 6.45) is 3.86. The molecule has 0 spiro atoms. The van der Waals surface area contributed by atoms with Gasteiger partial charge in [0.2, 0.25) is 11.8 Å². The largest absolute Gasteiger partial charge is 0.342 e. The van der Waals surface area contributed by atoms with Crippen molar-refractivity contribution in [1.29, 1.82) is 0 Å². The summed E-state index contributed by atoms with van der Waals surface area (Å²) in [4.78, 5) is 43.7. The minimum Gasteiger partial charge on any atom is -0.342 e. The number of piperidine rings is 2. The molecule has 156 valence electrons. The lowest BCUT2D eigenvalue weighted by atomic mass is 9.92. The van der Waals surface area contributed by atoms with Gasteiger partial charge in [-0.25, -0.2) is 4.90 Å². The molecule has 0 aromatic heterocycles. The van der Waals surface area contributed by atoms with E-state index < -0.39 is 6.04 Å². The fourth-order valence-corrected chi connectivity index (χ4v) is 4.92. The van der Waals surface area contributed by atoms with Crippen molar-refractivity contribution in [2.45, 2.75) is 45.1 Å². The molecule has 0 saturated carbocycles. The molecular weight excluding hydrogens is 390 g/mol. The number of hydrogen-bond donors (Lipinski definition) is 0. The Labute approximate surface area is 176 Å². The van der Waals surface area contributed by atoms with Gasteiger partial charge in [-0.1, -0.05) is 24.6 Å². The molecule has 3 saturated heterocycles. The van der Waals surface area contributed by atoms with Crippen LogP contribution >= 0.6 is 11.6 Å². The number of halogens is 1. The van der Waals surface area contributed by atoms with Crippen molar-refractivity contribution >= 4 is 35.0 Å². The van der Waals surface area contributed by atoms with Crippen LogP contribution in [-0.4, -0.2) is 59.7 Å². The van der Waals surface area contributed by atoms with E-state index in [-0.39, 0.29) is 30.1 Å². The topological polar surface area (TPSA) is 60.9 Å². The van der Waals surface area contributed by atoms with Gasteiger partial charge in [0.1, 0.15) is 0 Å². The number of benzene rings is 1. The molecule has 4 rings (SSSR count). The van der Waals surface area contributed by atoms with Crippen molar-refractivity contribution in [2.75, 3.05) is 31.1 Å². The SMILES string of the molecule is CC1CCN(C(=O)C2CCN(C3CC(=O)N(c4cccc(Cl)c4)C3=O)CC2)CC1. The van der Waals surface area contributed by atoms with Crippen LogP contribution < -0.4 is 4.90 Å². The van der Waals surface area contributed by atoms with E-state index in [0.29, 0.717) is 29.7 Å². The van der Waals surface area contributed by atoms with Crippen LogP contribution in [0.25, 0.3) is 0 Å². The third kappa shape index (κ3) is 4.19. The fraction of sp³-hybridized carbons (Fsp3) is 0.591. The van der Waals surface area contributed by atoms with Crippen LogP contribution in [0.4, 0.5) is 5.69 Å². The molecular formula is C22H28ClN3O3. The van der Waals surface area contributed by atoms with Gasteiger partial charge in [0, 0.05) is 24.0 Å². The Morgan fingerprint density at radius 3 is 2.38 bits per heavy atom. The summed E-state index contributed by atoms with van der Waals surface area (Å²) in [6, 6.07) is 6.40. The van der Waals surface area contributed by atoms with E-state index in [2.05, 4.69) is 11.8 Å². The number of anilines is 1. The second-order valence-corrected chi connectivity index (χ2v) is 9.02.